The Morgan fingerprint density at radius 1 is 1.44 bits per heavy atom. The molecule has 1 aromatic carbocycles. The van der Waals surface area contributed by atoms with E-state index in [1.54, 1.807) is 4.68 Å². The lowest BCUT2D eigenvalue weighted by atomic mass is 10.2. The lowest BCUT2D eigenvalue weighted by Gasteiger charge is -2.08. The smallest absolute Gasteiger partial charge is 0.103 e. The zero-order chi connectivity index (χ0) is 13.3. The summed E-state index contributed by atoms with van der Waals surface area (Å²) in [5, 5.41) is 12.2. The maximum atomic E-state index is 6.09. The summed E-state index contributed by atoms with van der Waals surface area (Å²) in [6, 6.07) is 5.89. The van der Waals surface area contributed by atoms with E-state index in [1.807, 2.05) is 32.2 Å². The van der Waals surface area contributed by atoms with Crippen molar-refractivity contribution in [2.24, 2.45) is 0 Å². The predicted molar refractivity (Wildman–Crippen MR) is 76.3 cm³/mol. The Kier molecular flexibility index (Phi) is 4.04. The third-order valence-corrected chi connectivity index (χ3v) is 4.15. The Morgan fingerprint density at radius 3 is 2.78 bits per heavy atom. The van der Waals surface area contributed by atoms with Crippen LogP contribution in [0.2, 0.25) is 5.02 Å². The van der Waals surface area contributed by atoms with Crippen LogP contribution in [0.25, 0.3) is 5.69 Å². The molecule has 1 aromatic heterocycles. The van der Waals surface area contributed by atoms with E-state index >= 15 is 0 Å². The van der Waals surface area contributed by atoms with E-state index in [2.05, 4.69) is 38.5 Å². The maximum Gasteiger partial charge on any atom is 0.103 e. The minimum absolute atomic E-state index is 0.171. The second kappa shape index (κ2) is 5.38. The van der Waals surface area contributed by atoms with Crippen molar-refractivity contribution >= 4 is 27.5 Å². The van der Waals surface area contributed by atoms with Crippen molar-refractivity contribution in [2.45, 2.75) is 19.9 Å². The Hall–Kier alpha value is -0.910. The molecule has 18 heavy (non-hydrogen) atoms. The highest BCUT2D eigenvalue weighted by Gasteiger charge is 2.15. The van der Waals surface area contributed by atoms with Crippen LogP contribution < -0.4 is 5.32 Å². The predicted octanol–water partition coefficient (Wildman–Crippen LogP) is 3.27. The summed E-state index contributed by atoms with van der Waals surface area (Å²) in [7, 11) is 1.90. The molecule has 1 unspecified atom stereocenters. The minimum atomic E-state index is 0.171. The van der Waals surface area contributed by atoms with Crippen molar-refractivity contribution in [3.63, 3.8) is 0 Å². The van der Waals surface area contributed by atoms with Crippen LogP contribution in [0.3, 0.4) is 0 Å². The molecule has 0 aliphatic rings. The number of hydrogen-bond donors (Lipinski definition) is 1. The van der Waals surface area contributed by atoms with E-state index in [9.17, 15) is 0 Å². The van der Waals surface area contributed by atoms with Gasteiger partial charge in [-0.2, -0.15) is 0 Å². The van der Waals surface area contributed by atoms with Crippen LogP contribution in [0.5, 0.6) is 0 Å². The van der Waals surface area contributed by atoms with Gasteiger partial charge < -0.3 is 5.32 Å². The first kappa shape index (κ1) is 13.5. The van der Waals surface area contributed by atoms with Gasteiger partial charge in [0.15, 0.2) is 0 Å². The van der Waals surface area contributed by atoms with E-state index < -0.39 is 0 Å². The van der Waals surface area contributed by atoms with Crippen molar-refractivity contribution in [3.05, 3.63) is 39.1 Å². The Morgan fingerprint density at radius 2 is 2.17 bits per heavy atom. The van der Waals surface area contributed by atoms with Gasteiger partial charge in [0.25, 0.3) is 0 Å². The molecular weight excluding hydrogens is 316 g/mol. The van der Waals surface area contributed by atoms with Gasteiger partial charge in [0.05, 0.1) is 22.4 Å². The molecule has 6 heteroatoms. The molecule has 0 bridgehead atoms. The zero-order valence-corrected chi connectivity index (χ0v) is 12.7. The fraction of sp³-hybridized carbons (Fsp3) is 0.333. The van der Waals surface area contributed by atoms with Crippen LogP contribution >= 0.6 is 27.5 Å². The largest absolute Gasteiger partial charge is 0.312 e. The molecule has 4 nitrogen and oxygen atoms in total. The molecule has 2 aromatic rings. The molecule has 0 amide bonds. The van der Waals surface area contributed by atoms with Crippen LogP contribution in [-0.2, 0) is 0 Å². The summed E-state index contributed by atoms with van der Waals surface area (Å²) in [6.45, 7) is 4.05. The topological polar surface area (TPSA) is 42.7 Å². The number of benzene rings is 1. The summed E-state index contributed by atoms with van der Waals surface area (Å²) in [6.07, 6.45) is 0. The third kappa shape index (κ3) is 2.43. The van der Waals surface area contributed by atoms with Crippen molar-refractivity contribution in [1.82, 2.24) is 20.3 Å². The summed E-state index contributed by atoms with van der Waals surface area (Å²) in [5.41, 5.74) is 2.86. The molecule has 96 valence electrons. The first-order valence-corrected chi connectivity index (χ1v) is 6.76. The lowest BCUT2D eigenvalue weighted by Crippen LogP contribution is -2.14. The average Bonchev–Trinajstić information content (AvgIpc) is 2.74. The monoisotopic (exact) mass is 328 g/mol. The van der Waals surface area contributed by atoms with Gasteiger partial charge in [-0.3, -0.25) is 0 Å². The van der Waals surface area contributed by atoms with Crippen LogP contribution in [0.4, 0.5) is 0 Å². The molecule has 0 aliphatic carbocycles. The van der Waals surface area contributed by atoms with E-state index in [0.717, 1.165) is 21.5 Å². The first-order valence-electron chi connectivity index (χ1n) is 5.59. The molecule has 1 N–H and O–H groups in total. The molecule has 0 spiro atoms. The van der Waals surface area contributed by atoms with Crippen molar-refractivity contribution in [1.29, 1.82) is 0 Å². The molecule has 0 radical (unpaired) electrons. The van der Waals surface area contributed by atoms with Gasteiger partial charge in [0.1, 0.15) is 5.69 Å². The molecule has 0 saturated heterocycles. The van der Waals surface area contributed by atoms with Crippen LogP contribution in [0.1, 0.15) is 24.4 Å². The molecule has 0 aliphatic heterocycles. The number of nitrogens with zero attached hydrogens (tertiary/aromatic N) is 3. The van der Waals surface area contributed by atoms with Gasteiger partial charge >= 0.3 is 0 Å². The number of rotatable bonds is 3. The van der Waals surface area contributed by atoms with Gasteiger partial charge in [-0.15, -0.1) is 5.10 Å². The van der Waals surface area contributed by atoms with E-state index in [1.165, 1.54) is 0 Å². The van der Waals surface area contributed by atoms with Gasteiger partial charge in [-0.05, 0) is 55.0 Å². The van der Waals surface area contributed by atoms with E-state index in [0.29, 0.717) is 5.02 Å². The Labute approximate surface area is 119 Å². The molecule has 0 fully saturated rings. The van der Waals surface area contributed by atoms with Gasteiger partial charge in [0.2, 0.25) is 0 Å². The number of hydrogen-bond acceptors (Lipinski definition) is 3. The average molecular weight is 330 g/mol. The first-order chi connectivity index (χ1) is 8.54. The fourth-order valence-corrected chi connectivity index (χ4v) is 2.16. The standard InChI is InChI=1S/C12H14BrClN4/c1-7(15-3)12-8(2)18(17-16-12)9-4-5-10(13)11(14)6-9/h4-7,15H,1-3H3. The highest BCUT2D eigenvalue weighted by atomic mass is 79.9. The molecule has 2 rings (SSSR count). The van der Waals surface area contributed by atoms with Gasteiger partial charge in [0, 0.05) is 4.47 Å². The number of nitrogens with one attached hydrogen (secondary N) is 1. The zero-order valence-electron chi connectivity index (χ0n) is 10.4. The van der Waals surface area contributed by atoms with Gasteiger partial charge in [-0.25, -0.2) is 4.68 Å². The quantitative estimate of drug-likeness (QED) is 0.940. The van der Waals surface area contributed by atoms with E-state index in [4.69, 9.17) is 11.6 Å². The van der Waals surface area contributed by atoms with Crippen LogP contribution in [-0.4, -0.2) is 22.0 Å². The van der Waals surface area contributed by atoms with Crippen LogP contribution in [0.15, 0.2) is 22.7 Å². The highest BCUT2D eigenvalue weighted by molar-refractivity contribution is 9.10. The van der Waals surface area contributed by atoms with Crippen molar-refractivity contribution in [2.75, 3.05) is 7.05 Å². The number of aromatic nitrogens is 3. The maximum absolute atomic E-state index is 6.09. The summed E-state index contributed by atoms with van der Waals surface area (Å²) in [4.78, 5) is 0. The summed E-state index contributed by atoms with van der Waals surface area (Å²) >= 11 is 9.46. The SMILES string of the molecule is CNC(C)c1nnn(-c2ccc(Br)c(Cl)c2)c1C. The van der Waals surface area contributed by atoms with E-state index in [-0.39, 0.29) is 6.04 Å². The Bertz CT molecular complexity index is 567. The van der Waals surface area contributed by atoms with Crippen molar-refractivity contribution < 1.29 is 0 Å². The molecule has 0 saturated carbocycles. The summed E-state index contributed by atoms with van der Waals surface area (Å²) < 4.78 is 2.66. The normalized spacial score (nSPS) is 12.7. The highest BCUT2D eigenvalue weighted by Crippen LogP contribution is 2.26. The molecule has 1 heterocycles. The second-order valence-corrected chi connectivity index (χ2v) is 5.34. The van der Waals surface area contributed by atoms with Crippen molar-refractivity contribution in [3.8, 4) is 5.69 Å². The minimum Gasteiger partial charge on any atom is -0.312 e. The molecule has 1 atom stereocenters. The third-order valence-electron chi connectivity index (χ3n) is 2.92. The van der Waals surface area contributed by atoms with Gasteiger partial charge in [-0.1, -0.05) is 16.8 Å². The second-order valence-electron chi connectivity index (χ2n) is 4.08. The lowest BCUT2D eigenvalue weighted by molar-refractivity contribution is 0.627. The number of halogens is 2. The Balaban J connectivity index is 2.45. The fourth-order valence-electron chi connectivity index (χ4n) is 1.74. The molecular formula is C12H14BrClN4. The van der Waals surface area contributed by atoms with Crippen LogP contribution in [0, 0.1) is 6.92 Å². The summed E-state index contributed by atoms with van der Waals surface area (Å²) in [5.74, 6) is 0.